The number of nitrogens with two attached hydrogens (primary N) is 1. The van der Waals surface area contributed by atoms with E-state index < -0.39 is 0 Å². The molecular weight excluding hydrogens is 160 g/mol. The molecule has 2 rings (SSSR count). The summed E-state index contributed by atoms with van der Waals surface area (Å²) in [5, 5.41) is 3.49. The number of nitrogens with one attached hydrogen (secondary N) is 1. The molecule has 2 heteroatoms. The molecule has 1 aliphatic rings. The van der Waals surface area contributed by atoms with Gasteiger partial charge in [-0.25, -0.2) is 0 Å². The van der Waals surface area contributed by atoms with E-state index in [1.165, 1.54) is 18.5 Å². The van der Waals surface area contributed by atoms with Crippen LogP contribution in [-0.4, -0.2) is 12.6 Å². The Kier molecular flexibility index (Phi) is 2.50. The van der Waals surface area contributed by atoms with E-state index in [1.807, 2.05) is 6.07 Å². The fourth-order valence-electron chi connectivity index (χ4n) is 1.82. The topological polar surface area (TPSA) is 38.0 Å². The first kappa shape index (κ1) is 8.57. The van der Waals surface area contributed by atoms with Gasteiger partial charge in [-0.1, -0.05) is 18.2 Å². The van der Waals surface area contributed by atoms with E-state index in [2.05, 4.69) is 29.6 Å². The first-order valence-electron chi connectivity index (χ1n) is 4.90. The average molecular weight is 176 g/mol. The first-order valence-corrected chi connectivity index (χ1v) is 4.90. The zero-order valence-electron chi connectivity index (χ0n) is 7.74. The lowest BCUT2D eigenvalue weighted by Gasteiger charge is -2.35. The number of hydrogen-bond donors (Lipinski definition) is 2. The van der Waals surface area contributed by atoms with Crippen LogP contribution >= 0.6 is 0 Å². The fraction of sp³-hybridized carbons (Fsp3) is 0.455. The van der Waals surface area contributed by atoms with Crippen molar-refractivity contribution in [3.8, 4) is 0 Å². The second-order valence-corrected chi connectivity index (χ2v) is 3.78. The molecule has 0 unspecified atom stereocenters. The molecule has 13 heavy (non-hydrogen) atoms. The van der Waals surface area contributed by atoms with Crippen molar-refractivity contribution in [3.05, 3.63) is 30.3 Å². The molecule has 0 amide bonds. The second-order valence-electron chi connectivity index (χ2n) is 3.78. The van der Waals surface area contributed by atoms with Crippen molar-refractivity contribution in [2.75, 3.05) is 11.9 Å². The number of hydrogen-bond acceptors (Lipinski definition) is 2. The molecule has 1 aromatic carbocycles. The third-order valence-electron chi connectivity index (χ3n) is 2.71. The minimum atomic E-state index is 0.649. The molecule has 0 radical (unpaired) electrons. The molecule has 1 aromatic rings. The SMILES string of the molecule is NCC1CC(Nc2ccccc2)C1. The lowest BCUT2D eigenvalue weighted by Crippen LogP contribution is -2.39. The average Bonchev–Trinajstić information content (AvgIpc) is 2.12. The highest BCUT2D eigenvalue weighted by Gasteiger charge is 2.27. The number of anilines is 1. The van der Waals surface area contributed by atoms with Crippen molar-refractivity contribution >= 4 is 5.69 Å². The smallest absolute Gasteiger partial charge is 0.0342 e. The number of para-hydroxylation sites is 1. The molecule has 1 aliphatic carbocycles. The lowest BCUT2D eigenvalue weighted by molar-refractivity contribution is 0.291. The zero-order valence-corrected chi connectivity index (χ0v) is 7.74. The molecule has 0 heterocycles. The van der Waals surface area contributed by atoms with Gasteiger partial charge in [0.05, 0.1) is 0 Å². The summed E-state index contributed by atoms with van der Waals surface area (Å²) in [6.07, 6.45) is 2.46. The van der Waals surface area contributed by atoms with Gasteiger partial charge in [-0.2, -0.15) is 0 Å². The van der Waals surface area contributed by atoms with Crippen LogP contribution in [0.2, 0.25) is 0 Å². The Balaban J connectivity index is 1.81. The Morgan fingerprint density at radius 2 is 1.92 bits per heavy atom. The molecule has 70 valence electrons. The third-order valence-corrected chi connectivity index (χ3v) is 2.71. The van der Waals surface area contributed by atoms with Gasteiger partial charge in [0.15, 0.2) is 0 Å². The van der Waals surface area contributed by atoms with Crippen LogP contribution in [0.25, 0.3) is 0 Å². The summed E-state index contributed by atoms with van der Waals surface area (Å²) >= 11 is 0. The molecule has 2 nitrogen and oxygen atoms in total. The van der Waals surface area contributed by atoms with E-state index >= 15 is 0 Å². The maximum atomic E-state index is 5.56. The Bertz CT molecular complexity index is 252. The van der Waals surface area contributed by atoms with Crippen LogP contribution in [-0.2, 0) is 0 Å². The van der Waals surface area contributed by atoms with Crippen LogP contribution in [0.15, 0.2) is 30.3 Å². The van der Waals surface area contributed by atoms with Gasteiger partial charge >= 0.3 is 0 Å². The molecule has 3 N–H and O–H groups in total. The van der Waals surface area contributed by atoms with Crippen molar-refractivity contribution in [2.24, 2.45) is 11.7 Å². The predicted octanol–water partition coefficient (Wildman–Crippen LogP) is 1.84. The summed E-state index contributed by atoms with van der Waals surface area (Å²) in [5.41, 5.74) is 6.79. The van der Waals surface area contributed by atoms with Crippen LogP contribution in [0.3, 0.4) is 0 Å². The van der Waals surface area contributed by atoms with Crippen LogP contribution in [0.5, 0.6) is 0 Å². The van der Waals surface area contributed by atoms with Gasteiger partial charge in [0.25, 0.3) is 0 Å². The first-order chi connectivity index (χ1) is 6.38. The maximum absolute atomic E-state index is 5.56. The summed E-state index contributed by atoms with van der Waals surface area (Å²) in [5.74, 6) is 0.751. The van der Waals surface area contributed by atoms with Gasteiger partial charge in [0.1, 0.15) is 0 Å². The molecule has 0 saturated heterocycles. The van der Waals surface area contributed by atoms with Gasteiger partial charge in [0.2, 0.25) is 0 Å². The van der Waals surface area contributed by atoms with Crippen LogP contribution < -0.4 is 11.1 Å². The zero-order chi connectivity index (χ0) is 9.10. The van der Waals surface area contributed by atoms with Gasteiger partial charge in [-0.05, 0) is 37.4 Å². The Hall–Kier alpha value is -1.02. The predicted molar refractivity (Wildman–Crippen MR) is 55.6 cm³/mol. The Morgan fingerprint density at radius 1 is 1.23 bits per heavy atom. The molecular formula is C11H16N2. The van der Waals surface area contributed by atoms with Gasteiger partial charge in [-0.3, -0.25) is 0 Å². The molecule has 0 atom stereocenters. The monoisotopic (exact) mass is 176 g/mol. The van der Waals surface area contributed by atoms with Gasteiger partial charge < -0.3 is 11.1 Å². The maximum Gasteiger partial charge on any atom is 0.0342 e. The van der Waals surface area contributed by atoms with Gasteiger partial charge in [0, 0.05) is 11.7 Å². The standard InChI is InChI=1S/C11H16N2/c12-8-9-6-11(7-9)13-10-4-2-1-3-5-10/h1-5,9,11,13H,6-8,12H2. The minimum absolute atomic E-state index is 0.649. The minimum Gasteiger partial charge on any atom is -0.382 e. The summed E-state index contributed by atoms with van der Waals surface area (Å²) in [6, 6.07) is 11.0. The van der Waals surface area contributed by atoms with E-state index in [0.717, 1.165) is 12.5 Å². The summed E-state index contributed by atoms with van der Waals surface area (Å²) in [4.78, 5) is 0. The molecule has 0 bridgehead atoms. The van der Waals surface area contributed by atoms with Crippen molar-refractivity contribution in [3.63, 3.8) is 0 Å². The van der Waals surface area contributed by atoms with Crippen molar-refractivity contribution in [2.45, 2.75) is 18.9 Å². The second kappa shape index (κ2) is 3.79. The van der Waals surface area contributed by atoms with E-state index in [0.29, 0.717) is 6.04 Å². The Morgan fingerprint density at radius 3 is 2.54 bits per heavy atom. The Labute approximate surface area is 79.1 Å². The van der Waals surface area contributed by atoms with E-state index in [-0.39, 0.29) is 0 Å². The van der Waals surface area contributed by atoms with Crippen LogP contribution in [0.4, 0.5) is 5.69 Å². The fourth-order valence-corrected chi connectivity index (χ4v) is 1.82. The van der Waals surface area contributed by atoms with Gasteiger partial charge in [-0.15, -0.1) is 0 Å². The van der Waals surface area contributed by atoms with Crippen molar-refractivity contribution in [1.82, 2.24) is 0 Å². The quantitative estimate of drug-likeness (QED) is 0.737. The normalized spacial score (nSPS) is 26.5. The van der Waals surface area contributed by atoms with E-state index in [1.54, 1.807) is 0 Å². The van der Waals surface area contributed by atoms with E-state index in [9.17, 15) is 0 Å². The summed E-state index contributed by atoms with van der Waals surface area (Å²) in [7, 11) is 0. The summed E-state index contributed by atoms with van der Waals surface area (Å²) in [6.45, 7) is 0.840. The highest BCUT2D eigenvalue weighted by Crippen LogP contribution is 2.28. The molecule has 1 saturated carbocycles. The lowest BCUT2D eigenvalue weighted by atomic mass is 9.80. The van der Waals surface area contributed by atoms with Crippen LogP contribution in [0, 0.1) is 5.92 Å². The molecule has 1 fully saturated rings. The van der Waals surface area contributed by atoms with Crippen molar-refractivity contribution < 1.29 is 0 Å². The number of rotatable bonds is 3. The third kappa shape index (κ3) is 2.01. The molecule has 0 aromatic heterocycles. The highest BCUT2D eigenvalue weighted by molar-refractivity contribution is 5.43. The molecule has 0 aliphatic heterocycles. The highest BCUT2D eigenvalue weighted by atomic mass is 14.9. The summed E-state index contributed by atoms with van der Waals surface area (Å²) < 4.78 is 0. The molecule has 0 spiro atoms. The largest absolute Gasteiger partial charge is 0.382 e. The van der Waals surface area contributed by atoms with Crippen molar-refractivity contribution in [1.29, 1.82) is 0 Å². The number of benzene rings is 1. The van der Waals surface area contributed by atoms with Crippen LogP contribution in [0.1, 0.15) is 12.8 Å². The van der Waals surface area contributed by atoms with E-state index in [4.69, 9.17) is 5.73 Å².